The van der Waals surface area contributed by atoms with Crippen LogP contribution in [-0.2, 0) is 0 Å². The van der Waals surface area contributed by atoms with Crippen molar-refractivity contribution >= 4 is 0 Å². The number of rotatable bonds is 0. The molecule has 10 heavy (non-hydrogen) atoms. The van der Waals surface area contributed by atoms with Crippen molar-refractivity contribution in [3.05, 3.63) is 36.2 Å². The molecule has 0 aromatic heterocycles. The molecule has 0 radical (unpaired) electrons. The van der Waals surface area contributed by atoms with Crippen molar-refractivity contribution in [2.24, 2.45) is 0 Å². The zero-order chi connectivity index (χ0) is 7.89. The van der Waals surface area contributed by atoms with Gasteiger partial charge in [-0.05, 0) is 6.92 Å². The Balaban J connectivity index is 3.97. The third-order valence-corrected chi connectivity index (χ3v) is 1.32. The van der Waals surface area contributed by atoms with E-state index in [1.54, 1.807) is 0 Å². The lowest BCUT2D eigenvalue weighted by Gasteiger charge is -1.78. The van der Waals surface area contributed by atoms with E-state index in [1.165, 1.54) is 6.92 Å². The number of hydrogen-bond donors (Lipinski definition) is 1. The molecule has 0 heterocycles. The van der Waals surface area contributed by atoms with E-state index in [9.17, 15) is 14.4 Å². The second-order valence-corrected chi connectivity index (χ2v) is 1.96. The Morgan fingerprint density at radius 2 is 1.50 bits per heavy atom. The quantitative estimate of drug-likeness (QED) is 0.452. The Morgan fingerprint density at radius 3 is 1.60 bits per heavy atom. The van der Waals surface area contributed by atoms with E-state index >= 15 is 0 Å². The van der Waals surface area contributed by atoms with Gasteiger partial charge in [0.2, 0.25) is 5.43 Å². The van der Waals surface area contributed by atoms with Crippen LogP contribution in [0.25, 0.3) is 0 Å². The predicted octanol–water partition coefficient (Wildman–Crippen LogP) is -1.34. The second kappa shape index (κ2) is 1.76. The summed E-state index contributed by atoms with van der Waals surface area (Å²) in [5.74, 6) is -0.713. The third kappa shape index (κ3) is 0.586. The fourth-order valence-corrected chi connectivity index (χ4v) is 0.659. The summed E-state index contributed by atoms with van der Waals surface area (Å²) in [6, 6.07) is 0. The summed E-state index contributed by atoms with van der Waals surface area (Å²) in [5, 5.41) is 8.70. The molecule has 0 aliphatic rings. The summed E-state index contributed by atoms with van der Waals surface area (Å²) >= 11 is 0. The van der Waals surface area contributed by atoms with Crippen molar-refractivity contribution in [2.75, 3.05) is 0 Å². The largest absolute Gasteiger partial charge is 0.504 e. The summed E-state index contributed by atoms with van der Waals surface area (Å²) in [6.45, 7) is 1.24. The molecule has 0 fully saturated rings. The summed E-state index contributed by atoms with van der Waals surface area (Å²) in [5.41, 5.74) is -3.30. The molecule has 1 rings (SSSR count). The maximum atomic E-state index is 10.5. The lowest BCUT2D eigenvalue weighted by atomic mass is 10.3. The van der Waals surface area contributed by atoms with Crippen molar-refractivity contribution < 1.29 is 5.11 Å². The van der Waals surface area contributed by atoms with Gasteiger partial charge < -0.3 is 5.11 Å². The first-order valence-corrected chi connectivity index (χ1v) is 2.59. The molecule has 52 valence electrons. The van der Waals surface area contributed by atoms with Crippen LogP contribution in [-0.4, -0.2) is 5.11 Å². The molecule has 0 saturated carbocycles. The van der Waals surface area contributed by atoms with Crippen LogP contribution in [0.15, 0.2) is 14.4 Å². The zero-order valence-corrected chi connectivity index (χ0v) is 5.17. The van der Waals surface area contributed by atoms with Crippen LogP contribution in [0, 0.1) is 6.92 Å². The van der Waals surface area contributed by atoms with Crippen LogP contribution >= 0.6 is 0 Å². The van der Waals surface area contributed by atoms with E-state index in [-0.39, 0.29) is 5.56 Å². The van der Waals surface area contributed by atoms with Gasteiger partial charge in [-0.1, -0.05) is 0 Å². The molecule has 0 spiro atoms. The van der Waals surface area contributed by atoms with Crippen molar-refractivity contribution in [1.82, 2.24) is 0 Å². The SMILES string of the molecule is Cc1c(O)c(=O)c(=O)c1=O. The van der Waals surface area contributed by atoms with Crippen molar-refractivity contribution in [1.29, 1.82) is 0 Å². The molecular formula is C6H4O4. The van der Waals surface area contributed by atoms with E-state index in [2.05, 4.69) is 0 Å². The van der Waals surface area contributed by atoms with Crippen molar-refractivity contribution in [3.8, 4) is 5.75 Å². The standard InChI is InChI=1S/C6H4O4/c1-2-3(7)5(9)6(10)4(2)8/h7H,1H3. The van der Waals surface area contributed by atoms with Gasteiger partial charge in [0.15, 0.2) is 5.75 Å². The van der Waals surface area contributed by atoms with Crippen molar-refractivity contribution in [2.45, 2.75) is 6.92 Å². The van der Waals surface area contributed by atoms with Crippen LogP contribution in [0.3, 0.4) is 0 Å². The maximum absolute atomic E-state index is 10.5. The molecule has 0 unspecified atom stereocenters. The van der Waals surface area contributed by atoms with Gasteiger partial charge in [-0.3, -0.25) is 14.4 Å². The third-order valence-electron chi connectivity index (χ3n) is 1.32. The van der Waals surface area contributed by atoms with Gasteiger partial charge in [-0.25, -0.2) is 0 Å². The minimum atomic E-state index is -1.14. The Labute approximate surface area is 55.1 Å². The highest BCUT2D eigenvalue weighted by atomic mass is 16.3. The van der Waals surface area contributed by atoms with Crippen molar-refractivity contribution in [3.63, 3.8) is 0 Å². The molecule has 0 amide bonds. The number of hydrogen-bond acceptors (Lipinski definition) is 4. The highest BCUT2D eigenvalue weighted by molar-refractivity contribution is 5.32. The minimum Gasteiger partial charge on any atom is -0.504 e. The molecule has 0 aliphatic heterocycles. The normalized spacial score (nSPS) is 10.1. The molecule has 0 saturated heterocycles. The van der Waals surface area contributed by atoms with Gasteiger partial charge in [0.1, 0.15) is 0 Å². The van der Waals surface area contributed by atoms with E-state index in [4.69, 9.17) is 5.11 Å². The van der Waals surface area contributed by atoms with E-state index in [0.29, 0.717) is 0 Å². The highest BCUT2D eigenvalue weighted by Crippen LogP contribution is 1.99. The number of aromatic hydroxyl groups is 1. The first-order valence-electron chi connectivity index (χ1n) is 2.59. The summed E-state index contributed by atoms with van der Waals surface area (Å²) in [7, 11) is 0. The summed E-state index contributed by atoms with van der Waals surface area (Å²) in [4.78, 5) is 31.4. The lowest BCUT2D eigenvalue weighted by molar-refractivity contribution is 0.468. The Morgan fingerprint density at radius 1 is 1.00 bits per heavy atom. The van der Waals surface area contributed by atoms with E-state index in [1.807, 2.05) is 0 Å². The van der Waals surface area contributed by atoms with Crippen LogP contribution < -0.4 is 16.3 Å². The lowest BCUT2D eigenvalue weighted by Crippen LogP contribution is -2.29. The Bertz CT molecular complexity index is 358. The zero-order valence-electron chi connectivity index (χ0n) is 5.17. The molecule has 0 bridgehead atoms. The van der Waals surface area contributed by atoms with E-state index in [0.717, 1.165) is 0 Å². The van der Waals surface area contributed by atoms with Crippen LogP contribution in [0.2, 0.25) is 0 Å². The minimum absolute atomic E-state index is 0.157. The second-order valence-electron chi connectivity index (χ2n) is 1.96. The van der Waals surface area contributed by atoms with Gasteiger partial charge in [-0.2, -0.15) is 0 Å². The molecular weight excluding hydrogens is 136 g/mol. The van der Waals surface area contributed by atoms with Gasteiger partial charge >= 0.3 is 0 Å². The molecule has 1 N–H and O–H groups in total. The average Bonchev–Trinajstić information content (AvgIpc) is 2.07. The Kier molecular flexibility index (Phi) is 1.18. The highest BCUT2D eigenvalue weighted by Gasteiger charge is 2.13. The van der Waals surface area contributed by atoms with Gasteiger partial charge in [0.25, 0.3) is 10.9 Å². The van der Waals surface area contributed by atoms with E-state index < -0.39 is 22.0 Å². The summed E-state index contributed by atoms with van der Waals surface area (Å²) < 4.78 is 0. The van der Waals surface area contributed by atoms with Gasteiger partial charge in [0.05, 0.1) is 0 Å². The molecule has 1 aromatic carbocycles. The maximum Gasteiger partial charge on any atom is 0.277 e. The first-order chi connectivity index (χ1) is 4.55. The fourth-order valence-electron chi connectivity index (χ4n) is 0.659. The fraction of sp³-hybridized carbons (Fsp3) is 0.167. The van der Waals surface area contributed by atoms with Gasteiger partial charge in [0, 0.05) is 5.56 Å². The molecule has 4 heteroatoms. The van der Waals surface area contributed by atoms with Crippen LogP contribution in [0.5, 0.6) is 5.75 Å². The molecule has 1 aromatic rings. The molecule has 0 aliphatic carbocycles. The summed E-state index contributed by atoms with van der Waals surface area (Å²) in [6.07, 6.45) is 0. The Hall–Kier alpha value is -1.45. The predicted molar refractivity (Wildman–Crippen MR) is 34.0 cm³/mol. The topological polar surface area (TPSA) is 71.4 Å². The van der Waals surface area contributed by atoms with Crippen LogP contribution in [0.1, 0.15) is 5.56 Å². The monoisotopic (exact) mass is 140 g/mol. The van der Waals surface area contributed by atoms with Crippen LogP contribution in [0.4, 0.5) is 0 Å². The molecule has 0 atom stereocenters. The average molecular weight is 140 g/mol. The first kappa shape index (κ1) is 6.67. The molecule has 4 nitrogen and oxygen atoms in total. The van der Waals surface area contributed by atoms with Gasteiger partial charge in [-0.15, -0.1) is 0 Å². The smallest absolute Gasteiger partial charge is 0.277 e.